The van der Waals surface area contributed by atoms with Crippen LogP contribution in [-0.2, 0) is 12.4 Å². The van der Waals surface area contributed by atoms with Gasteiger partial charge in [0.05, 0.1) is 0 Å². The molecule has 25 heavy (non-hydrogen) atoms. The number of hydrogen-bond acceptors (Lipinski definition) is 2. The molecule has 136 valence electrons. The Morgan fingerprint density at radius 1 is 0.640 bits per heavy atom. The van der Waals surface area contributed by atoms with Gasteiger partial charge < -0.3 is 4.74 Å². The average molecular weight is 375 g/mol. The SMILES string of the molecule is FC(F)(F)Oc1ccc(-c2cc(C(F)(F)F)nc(C(F)(F)F)c2)cc1. The highest BCUT2D eigenvalue weighted by Crippen LogP contribution is 2.36. The summed E-state index contributed by atoms with van der Waals surface area (Å²) in [4.78, 5) is 2.54. The molecule has 0 saturated heterocycles. The summed E-state index contributed by atoms with van der Waals surface area (Å²) in [5, 5.41) is 0. The lowest BCUT2D eigenvalue weighted by molar-refractivity contribution is -0.274. The molecule has 1 aromatic heterocycles. The van der Waals surface area contributed by atoms with Crippen molar-refractivity contribution in [3.05, 3.63) is 47.8 Å². The highest BCUT2D eigenvalue weighted by Gasteiger charge is 2.39. The van der Waals surface area contributed by atoms with Crippen LogP contribution in [0.25, 0.3) is 11.1 Å². The van der Waals surface area contributed by atoms with Crippen molar-refractivity contribution in [2.24, 2.45) is 0 Å². The Hall–Kier alpha value is -2.46. The van der Waals surface area contributed by atoms with Crippen molar-refractivity contribution in [2.75, 3.05) is 0 Å². The van der Waals surface area contributed by atoms with Gasteiger partial charge in [-0.1, -0.05) is 12.1 Å². The third kappa shape index (κ3) is 5.00. The van der Waals surface area contributed by atoms with Gasteiger partial charge in [-0.25, -0.2) is 4.98 Å². The number of rotatable bonds is 2. The third-order valence-electron chi connectivity index (χ3n) is 2.83. The van der Waals surface area contributed by atoms with E-state index in [9.17, 15) is 39.5 Å². The second-order valence-corrected chi connectivity index (χ2v) is 4.69. The normalized spacial score (nSPS) is 13.0. The minimum absolute atomic E-state index is 0.173. The predicted molar refractivity (Wildman–Crippen MR) is 66.4 cm³/mol. The molecule has 0 amide bonds. The van der Waals surface area contributed by atoms with Crippen molar-refractivity contribution >= 4 is 0 Å². The van der Waals surface area contributed by atoms with Crippen molar-refractivity contribution in [3.63, 3.8) is 0 Å². The van der Waals surface area contributed by atoms with Gasteiger partial charge in [0.25, 0.3) is 0 Å². The maximum Gasteiger partial charge on any atom is 0.573 e. The van der Waals surface area contributed by atoms with Crippen LogP contribution in [0.1, 0.15) is 11.4 Å². The molecule has 0 bridgehead atoms. The summed E-state index contributed by atoms with van der Waals surface area (Å²) in [6.07, 6.45) is -15.2. The van der Waals surface area contributed by atoms with Gasteiger partial charge in [-0.05, 0) is 35.4 Å². The van der Waals surface area contributed by atoms with Crippen molar-refractivity contribution < 1.29 is 44.3 Å². The first-order chi connectivity index (χ1) is 11.3. The minimum Gasteiger partial charge on any atom is -0.406 e. The summed E-state index contributed by atoms with van der Waals surface area (Å²) in [6, 6.07) is 4.07. The molecule has 0 spiro atoms. The van der Waals surface area contributed by atoms with Crippen LogP contribution in [0.15, 0.2) is 36.4 Å². The van der Waals surface area contributed by atoms with Gasteiger partial charge in [0, 0.05) is 0 Å². The fourth-order valence-electron chi connectivity index (χ4n) is 1.84. The molecule has 11 heteroatoms. The molecular weight excluding hydrogens is 369 g/mol. The number of ether oxygens (including phenoxy) is 1. The second-order valence-electron chi connectivity index (χ2n) is 4.69. The lowest BCUT2D eigenvalue weighted by Crippen LogP contribution is -2.17. The van der Waals surface area contributed by atoms with Crippen LogP contribution in [0.5, 0.6) is 5.75 Å². The Bertz CT molecular complexity index is 713. The van der Waals surface area contributed by atoms with Crippen molar-refractivity contribution in [1.29, 1.82) is 0 Å². The zero-order chi connectivity index (χ0) is 19.0. The van der Waals surface area contributed by atoms with E-state index in [1.54, 1.807) is 0 Å². The molecule has 2 rings (SSSR count). The van der Waals surface area contributed by atoms with E-state index in [1.807, 2.05) is 0 Å². The first-order valence-corrected chi connectivity index (χ1v) is 6.28. The van der Waals surface area contributed by atoms with E-state index in [0.717, 1.165) is 24.3 Å². The zero-order valence-electron chi connectivity index (χ0n) is 11.7. The van der Waals surface area contributed by atoms with Gasteiger partial charge >= 0.3 is 18.7 Å². The van der Waals surface area contributed by atoms with Crippen LogP contribution in [0.4, 0.5) is 39.5 Å². The number of alkyl halides is 9. The van der Waals surface area contributed by atoms with E-state index >= 15 is 0 Å². The molecule has 2 aromatic rings. The molecule has 0 atom stereocenters. The van der Waals surface area contributed by atoms with E-state index < -0.39 is 41.4 Å². The molecular formula is C14H6F9NO. The summed E-state index contributed by atoms with van der Waals surface area (Å²) in [5.41, 5.74) is -4.22. The van der Waals surface area contributed by atoms with Crippen LogP contribution in [0.3, 0.4) is 0 Å². The summed E-state index contributed by atoms with van der Waals surface area (Å²) >= 11 is 0. The Morgan fingerprint density at radius 2 is 1.08 bits per heavy atom. The summed E-state index contributed by atoms with van der Waals surface area (Å²) < 4.78 is 116. The van der Waals surface area contributed by atoms with Gasteiger partial charge in [-0.2, -0.15) is 26.3 Å². The van der Waals surface area contributed by atoms with E-state index in [2.05, 4.69) is 9.72 Å². The lowest BCUT2D eigenvalue weighted by Gasteiger charge is -2.14. The van der Waals surface area contributed by atoms with E-state index in [-0.39, 0.29) is 5.56 Å². The van der Waals surface area contributed by atoms with Crippen LogP contribution in [0.2, 0.25) is 0 Å². The van der Waals surface area contributed by atoms with Gasteiger partial charge in [0.15, 0.2) is 0 Å². The standard InChI is InChI=1S/C14H6F9NO/c15-12(16,17)10-5-8(6-11(24-10)13(18,19)20)7-1-3-9(4-2-7)25-14(21,22)23/h1-6H. The van der Waals surface area contributed by atoms with Gasteiger partial charge in [-0.3, -0.25) is 0 Å². The smallest absolute Gasteiger partial charge is 0.406 e. The van der Waals surface area contributed by atoms with E-state index in [4.69, 9.17) is 0 Å². The van der Waals surface area contributed by atoms with Crippen molar-refractivity contribution in [1.82, 2.24) is 4.98 Å². The zero-order valence-corrected chi connectivity index (χ0v) is 11.7. The highest BCUT2D eigenvalue weighted by molar-refractivity contribution is 5.65. The molecule has 1 heterocycles. The molecule has 0 N–H and O–H groups in total. The largest absolute Gasteiger partial charge is 0.573 e. The van der Waals surface area contributed by atoms with Crippen LogP contribution in [0, 0.1) is 0 Å². The second kappa shape index (κ2) is 6.12. The predicted octanol–water partition coefficient (Wildman–Crippen LogP) is 5.68. The minimum atomic E-state index is -5.13. The quantitative estimate of drug-likeness (QED) is 0.630. The van der Waals surface area contributed by atoms with Crippen molar-refractivity contribution in [2.45, 2.75) is 18.7 Å². The molecule has 0 aliphatic rings. The Kier molecular flexibility index (Phi) is 4.62. The fraction of sp³-hybridized carbons (Fsp3) is 0.214. The number of halogens is 9. The van der Waals surface area contributed by atoms with Crippen molar-refractivity contribution in [3.8, 4) is 16.9 Å². The number of pyridine rings is 1. The fourth-order valence-corrected chi connectivity index (χ4v) is 1.84. The summed E-state index contributed by atoms with van der Waals surface area (Å²) in [6.45, 7) is 0. The molecule has 1 aromatic carbocycles. The van der Waals surface area contributed by atoms with Gasteiger partial charge in [0.1, 0.15) is 17.1 Å². The van der Waals surface area contributed by atoms with Gasteiger partial charge in [0.2, 0.25) is 0 Å². The van der Waals surface area contributed by atoms with Crippen LogP contribution < -0.4 is 4.74 Å². The molecule has 0 fully saturated rings. The van der Waals surface area contributed by atoms with Crippen LogP contribution in [-0.4, -0.2) is 11.3 Å². The number of benzene rings is 1. The molecule has 0 aliphatic heterocycles. The Labute approximate surface area is 133 Å². The third-order valence-corrected chi connectivity index (χ3v) is 2.83. The maximum atomic E-state index is 12.7. The molecule has 0 aliphatic carbocycles. The first kappa shape index (κ1) is 18.9. The van der Waals surface area contributed by atoms with Gasteiger partial charge in [-0.15, -0.1) is 13.2 Å². The monoisotopic (exact) mass is 375 g/mol. The summed E-state index contributed by atoms with van der Waals surface area (Å²) in [5.74, 6) is -0.669. The topological polar surface area (TPSA) is 22.1 Å². The summed E-state index contributed by atoms with van der Waals surface area (Å²) in [7, 11) is 0. The number of aromatic nitrogens is 1. The average Bonchev–Trinajstić information content (AvgIpc) is 2.44. The van der Waals surface area contributed by atoms with Crippen LogP contribution >= 0.6 is 0 Å². The first-order valence-electron chi connectivity index (χ1n) is 6.28. The number of hydrogen-bond donors (Lipinski definition) is 0. The molecule has 0 radical (unpaired) electrons. The van der Waals surface area contributed by atoms with E-state index in [1.165, 1.54) is 0 Å². The Balaban J connectivity index is 2.47. The number of nitrogens with zero attached hydrogens (tertiary/aromatic N) is 1. The lowest BCUT2D eigenvalue weighted by atomic mass is 10.0. The molecule has 2 nitrogen and oxygen atoms in total. The highest BCUT2D eigenvalue weighted by atomic mass is 19.4. The van der Waals surface area contributed by atoms with E-state index in [0.29, 0.717) is 12.1 Å². The molecule has 0 unspecified atom stereocenters. The maximum absolute atomic E-state index is 12.7. The molecule has 0 saturated carbocycles. The Morgan fingerprint density at radius 3 is 1.44 bits per heavy atom.